The van der Waals surface area contributed by atoms with Gasteiger partial charge in [-0.05, 0) is 6.42 Å². The molecule has 0 fully saturated rings. The van der Waals surface area contributed by atoms with Crippen LogP contribution in [0.5, 0.6) is 0 Å². The molecule has 0 aliphatic rings. The summed E-state index contributed by atoms with van der Waals surface area (Å²) in [5.74, 6) is -0.655. The van der Waals surface area contributed by atoms with Gasteiger partial charge in [0.2, 0.25) is 0 Å². The minimum absolute atomic E-state index is 0.345. The average Bonchev–Trinajstić information content (AvgIpc) is 2.34. The van der Waals surface area contributed by atoms with Crippen LogP contribution in [0.25, 0.3) is 0 Å². The maximum Gasteiger partial charge on any atom is 0.303 e. The Labute approximate surface area is 113 Å². The van der Waals surface area contributed by atoms with Gasteiger partial charge < -0.3 is 5.11 Å². The minimum atomic E-state index is -0.655. The average molecular weight is 260 g/mol. The van der Waals surface area contributed by atoms with Crippen LogP contribution in [0.3, 0.4) is 0 Å². The highest BCUT2D eigenvalue weighted by molar-refractivity contribution is 5.66. The SMILES string of the molecule is CCCCCC[14CH2][14CH2]CCCCCCCC(=O)O. The summed E-state index contributed by atoms with van der Waals surface area (Å²) in [5.41, 5.74) is 0. The maximum absolute atomic E-state index is 10.3. The van der Waals surface area contributed by atoms with Gasteiger partial charge in [0.25, 0.3) is 0 Å². The lowest BCUT2D eigenvalue weighted by molar-refractivity contribution is -0.137. The standard InChI is InChI=1S/C16H32O2/c1-2-3-4-5-6-7-8-9-10-11-12-13-14-15-16(17)18/h2-15H2,1H3,(H,17,18)/i7+2,8+2. The van der Waals surface area contributed by atoms with Gasteiger partial charge in [0.05, 0.1) is 0 Å². The van der Waals surface area contributed by atoms with Gasteiger partial charge in [0.1, 0.15) is 0 Å². The molecular weight excluding hydrogens is 228 g/mol. The highest BCUT2D eigenvalue weighted by Gasteiger charge is 1.96. The molecule has 2 nitrogen and oxygen atoms in total. The molecule has 0 bridgehead atoms. The molecular formula is C16H32O2. The smallest absolute Gasteiger partial charge is 0.303 e. The quantitative estimate of drug-likeness (QED) is 0.416. The Hall–Kier alpha value is -0.530. The largest absolute Gasteiger partial charge is 0.481 e. The highest BCUT2D eigenvalue weighted by Crippen LogP contribution is 2.12. The molecule has 0 atom stereocenters. The van der Waals surface area contributed by atoms with E-state index in [9.17, 15) is 4.79 Å². The monoisotopic (exact) mass is 260 g/mol. The second-order valence-electron chi connectivity index (χ2n) is 5.39. The molecule has 0 radical (unpaired) electrons. The van der Waals surface area contributed by atoms with E-state index in [1.165, 1.54) is 70.6 Å². The number of carboxylic acid groups (broad SMARTS) is 1. The molecule has 0 spiro atoms. The Morgan fingerprint density at radius 2 is 1.33 bits per heavy atom. The summed E-state index contributed by atoms with van der Waals surface area (Å²) in [6, 6.07) is 0. The van der Waals surface area contributed by atoms with E-state index in [4.69, 9.17) is 5.11 Å². The second-order valence-corrected chi connectivity index (χ2v) is 5.39. The van der Waals surface area contributed by atoms with Gasteiger partial charge in [-0.2, -0.15) is 0 Å². The molecule has 1 N–H and O–H groups in total. The molecule has 108 valence electrons. The molecule has 2 heteroatoms. The van der Waals surface area contributed by atoms with Crippen molar-refractivity contribution in [3.05, 3.63) is 0 Å². The van der Waals surface area contributed by atoms with E-state index in [-0.39, 0.29) is 0 Å². The summed E-state index contributed by atoms with van der Waals surface area (Å²) in [6.07, 6.45) is 17.3. The van der Waals surface area contributed by atoms with Crippen LogP contribution in [-0.2, 0) is 4.79 Å². The van der Waals surface area contributed by atoms with Crippen molar-refractivity contribution < 1.29 is 9.90 Å². The zero-order valence-electron chi connectivity index (χ0n) is 12.3. The summed E-state index contributed by atoms with van der Waals surface area (Å²) in [5, 5.41) is 8.49. The molecule has 0 saturated heterocycles. The predicted molar refractivity (Wildman–Crippen MR) is 77.9 cm³/mol. The predicted octanol–water partition coefficient (Wildman–Crippen LogP) is 5.55. The Balaban J connectivity index is 2.92. The third-order valence-corrected chi connectivity index (χ3v) is 3.49. The molecule has 0 aromatic heterocycles. The maximum atomic E-state index is 10.3. The number of aliphatic carboxylic acids is 1. The summed E-state index contributed by atoms with van der Waals surface area (Å²) >= 11 is 0. The van der Waals surface area contributed by atoms with Gasteiger partial charge >= 0.3 is 5.97 Å². The lowest BCUT2D eigenvalue weighted by Crippen LogP contribution is -1.93. The van der Waals surface area contributed by atoms with E-state index in [1.54, 1.807) is 0 Å². The fraction of sp³-hybridized carbons (Fsp3) is 0.938. The molecule has 0 aliphatic carbocycles. The van der Waals surface area contributed by atoms with E-state index in [0.29, 0.717) is 6.42 Å². The lowest BCUT2D eigenvalue weighted by Gasteiger charge is -2.02. The molecule has 0 aromatic rings. The summed E-state index contributed by atoms with van der Waals surface area (Å²) in [6.45, 7) is 2.26. The normalized spacial score (nSPS) is 10.7. The molecule has 0 unspecified atom stereocenters. The van der Waals surface area contributed by atoms with Crippen LogP contribution < -0.4 is 0 Å². The van der Waals surface area contributed by atoms with Crippen molar-refractivity contribution >= 4 is 5.97 Å². The van der Waals surface area contributed by atoms with Crippen molar-refractivity contribution in [1.29, 1.82) is 0 Å². The van der Waals surface area contributed by atoms with Gasteiger partial charge in [-0.3, -0.25) is 4.79 Å². The van der Waals surface area contributed by atoms with E-state index < -0.39 is 5.97 Å². The van der Waals surface area contributed by atoms with Gasteiger partial charge in [-0.15, -0.1) is 0 Å². The molecule has 0 aromatic carbocycles. The van der Waals surface area contributed by atoms with Crippen molar-refractivity contribution in [3.8, 4) is 0 Å². The van der Waals surface area contributed by atoms with E-state index in [0.717, 1.165) is 12.8 Å². The van der Waals surface area contributed by atoms with Crippen molar-refractivity contribution in [1.82, 2.24) is 0 Å². The Bertz CT molecular complexity index is 178. The fourth-order valence-electron chi connectivity index (χ4n) is 2.29. The van der Waals surface area contributed by atoms with Crippen LogP contribution in [0.2, 0.25) is 0 Å². The molecule has 0 rings (SSSR count). The van der Waals surface area contributed by atoms with Crippen molar-refractivity contribution in [2.75, 3.05) is 0 Å². The highest BCUT2D eigenvalue weighted by atomic mass is 16.4. The lowest BCUT2D eigenvalue weighted by atomic mass is 10.1. The fourth-order valence-corrected chi connectivity index (χ4v) is 2.29. The Morgan fingerprint density at radius 3 is 1.89 bits per heavy atom. The Morgan fingerprint density at radius 1 is 0.833 bits per heavy atom. The molecule has 0 heterocycles. The number of carbonyl (C=O) groups is 1. The van der Waals surface area contributed by atoms with Crippen LogP contribution in [-0.4, -0.2) is 11.1 Å². The third-order valence-electron chi connectivity index (χ3n) is 3.49. The molecule has 0 amide bonds. The minimum Gasteiger partial charge on any atom is -0.481 e. The van der Waals surface area contributed by atoms with Gasteiger partial charge in [0, 0.05) is 6.42 Å². The first kappa shape index (κ1) is 17.5. The molecule has 0 saturated carbocycles. The van der Waals surface area contributed by atoms with Gasteiger partial charge in [-0.1, -0.05) is 84.0 Å². The Kier molecular flexibility index (Phi) is 14.1. The number of carboxylic acids is 1. The van der Waals surface area contributed by atoms with Crippen LogP contribution in [0, 0.1) is 0 Å². The van der Waals surface area contributed by atoms with Crippen LogP contribution in [0.4, 0.5) is 0 Å². The first-order chi connectivity index (χ1) is 8.77. The summed E-state index contributed by atoms with van der Waals surface area (Å²) in [7, 11) is 0. The number of hydrogen-bond acceptors (Lipinski definition) is 1. The van der Waals surface area contributed by atoms with Crippen LogP contribution in [0.1, 0.15) is 96.8 Å². The first-order valence-electron chi connectivity index (χ1n) is 7.99. The van der Waals surface area contributed by atoms with Crippen molar-refractivity contribution in [3.63, 3.8) is 0 Å². The van der Waals surface area contributed by atoms with E-state index in [1.807, 2.05) is 0 Å². The van der Waals surface area contributed by atoms with Crippen LogP contribution >= 0.6 is 0 Å². The molecule has 18 heavy (non-hydrogen) atoms. The van der Waals surface area contributed by atoms with E-state index in [2.05, 4.69) is 6.92 Å². The van der Waals surface area contributed by atoms with Crippen molar-refractivity contribution in [2.45, 2.75) is 96.8 Å². The number of hydrogen-bond donors (Lipinski definition) is 1. The summed E-state index contributed by atoms with van der Waals surface area (Å²) < 4.78 is 0. The third kappa shape index (κ3) is 15.5. The zero-order chi connectivity index (χ0) is 13.5. The topological polar surface area (TPSA) is 37.3 Å². The summed E-state index contributed by atoms with van der Waals surface area (Å²) in [4.78, 5) is 10.3. The molecule has 0 aliphatic heterocycles. The van der Waals surface area contributed by atoms with Gasteiger partial charge in [-0.25, -0.2) is 0 Å². The van der Waals surface area contributed by atoms with Crippen molar-refractivity contribution in [2.24, 2.45) is 0 Å². The van der Waals surface area contributed by atoms with Gasteiger partial charge in [0.15, 0.2) is 0 Å². The number of rotatable bonds is 14. The number of unbranched alkanes of at least 4 members (excludes halogenated alkanes) is 12. The first-order valence-corrected chi connectivity index (χ1v) is 7.99. The second kappa shape index (κ2) is 14.5. The van der Waals surface area contributed by atoms with Crippen LogP contribution in [0.15, 0.2) is 0 Å². The van der Waals surface area contributed by atoms with E-state index >= 15 is 0 Å². The zero-order valence-corrected chi connectivity index (χ0v) is 12.3.